The largest absolute Gasteiger partial charge is 0.493 e. The smallest absolute Gasteiger partial charge is 0.339 e. The Morgan fingerprint density at radius 1 is 1.50 bits per heavy atom. The lowest BCUT2D eigenvalue weighted by molar-refractivity contribution is 0.0692. The van der Waals surface area contributed by atoms with Crippen LogP contribution in [0, 0.1) is 0 Å². The topological polar surface area (TPSA) is 99.0 Å². The fraction of sp³-hybridized carbons (Fsp3) is 0.417. The summed E-state index contributed by atoms with van der Waals surface area (Å²) in [6.07, 6.45) is -0.884. The molecular formula is C12H17NO5. The quantitative estimate of drug-likeness (QED) is 0.568. The van der Waals surface area contributed by atoms with Gasteiger partial charge in [-0.05, 0) is 25.1 Å². The molecule has 0 aliphatic carbocycles. The van der Waals surface area contributed by atoms with Crippen molar-refractivity contribution in [2.75, 3.05) is 25.1 Å². The van der Waals surface area contributed by atoms with Gasteiger partial charge in [-0.2, -0.15) is 0 Å². The first-order chi connectivity index (χ1) is 8.58. The first-order valence-corrected chi connectivity index (χ1v) is 5.61. The number of rotatable bonds is 7. The van der Waals surface area contributed by atoms with E-state index in [1.165, 1.54) is 6.07 Å². The second-order valence-corrected chi connectivity index (χ2v) is 3.67. The van der Waals surface area contributed by atoms with Crippen molar-refractivity contribution in [2.45, 2.75) is 13.0 Å². The van der Waals surface area contributed by atoms with E-state index in [4.69, 9.17) is 14.9 Å². The van der Waals surface area contributed by atoms with Crippen molar-refractivity contribution in [2.24, 2.45) is 0 Å². The number of nitrogens with one attached hydrogen (secondary N) is 1. The standard InChI is InChI=1S/C12H17NO5/c1-2-18-11-4-3-8(5-10(11)12(16)17)13-6-9(15)7-14/h3-5,9,13-15H,2,6-7H2,1H3,(H,16,17). The molecule has 0 aromatic heterocycles. The third-order valence-corrected chi connectivity index (χ3v) is 2.26. The lowest BCUT2D eigenvalue weighted by atomic mass is 10.1. The molecule has 0 spiro atoms. The minimum atomic E-state index is -1.08. The van der Waals surface area contributed by atoms with Crippen LogP contribution in [-0.4, -0.2) is 47.2 Å². The van der Waals surface area contributed by atoms with Gasteiger partial charge < -0.3 is 25.4 Å². The molecule has 0 fully saturated rings. The van der Waals surface area contributed by atoms with Crippen molar-refractivity contribution >= 4 is 11.7 Å². The first-order valence-electron chi connectivity index (χ1n) is 5.61. The molecule has 18 heavy (non-hydrogen) atoms. The van der Waals surface area contributed by atoms with Crippen molar-refractivity contribution < 1.29 is 24.9 Å². The molecule has 0 aliphatic heterocycles. The summed E-state index contributed by atoms with van der Waals surface area (Å²) < 4.78 is 5.20. The molecule has 0 saturated heterocycles. The van der Waals surface area contributed by atoms with Crippen LogP contribution in [0.5, 0.6) is 5.75 Å². The summed E-state index contributed by atoms with van der Waals surface area (Å²) in [7, 11) is 0. The molecule has 0 radical (unpaired) electrons. The fourth-order valence-corrected chi connectivity index (χ4v) is 1.39. The summed E-state index contributed by atoms with van der Waals surface area (Å²) in [5.74, 6) is -0.775. The molecular weight excluding hydrogens is 238 g/mol. The van der Waals surface area contributed by atoms with Crippen LogP contribution in [0.25, 0.3) is 0 Å². The highest BCUT2D eigenvalue weighted by Gasteiger charge is 2.12. The maximum absolute atomic E-state index is 11.0. The minimum Gasteiger partial charge on any atom is -0.493 e. The average Bonchev–Trinajstić information content (AvgIpc) is 2.37. The van der Waals surface area contributed by atoms with E-state index >= 15 is 0 Å². The number of carboxylic acids is 1. The van der Waals surface area contributed by atoms with Gasteiger partial charge in [-0.15, -0.1) is 0 Å². The van der Waals surface area contributed by atoms with Crippen molar-refractivity contribution in [3.05, 3.63) is 23.8 Å². The van der Waals surface area contributed by atoms with E-state index in [9.17, 15) is 9.90 Å². The van der Waals surface area contributed by atoms with Gasteiger partial charge >= 0.3 is 5.97 Å². The highest BCUT2D eigenvalue weighted by molar-refractivity contribution is 5.92. The van der Waals surface area contributed by atoms with Gasteiger partial charge in [0.1, 0.15) is 11.3 Å². The zero-order valence-corrected chi connectivity index (χ0v) is 10.1. The van der Waals surface area contributed by atoms with Crippen molar-refractivity contribution in [1.29, 1.82) is 0 Å². The van der Waals surface area contributed by atoms with E-state index in [2.05, 4.69) is 5.32 Å². The Morgan fingerprint density at radius 2 is 2.22 bits per heavy atom. The molecule has 0 heterocycles. The van der Waals surface area contributed by atoms with Crippen LogP contribution in [0.2, 0.25) is 0 Å². The SMILES string of the molecule is CCOc1ccc(NCC(O)CO)cc1C(=O)O. The van der Waals surface area contributed by atoms with Crippen LogP contribution in [0.3, 0.4) is 0 Å². The molecule has 0 bridgehead atoms. The van der Waals surface area contributed by atoms with Gasteiger partial charge in [-0.25, -0.2) is 4.79 Å². The minimum absolute atomic E-state index is 0.0559. The summed E-state index contributed by atoms with van der Waals surface area (Å²) in [5.41, 5.74) is 0.601. The van der Waals surface area contributed by atoms with Gasteiger partial charge in [0.2, 0.25) is 0 Å². The number of aromatic carboxylic acids is 1. The van der Waals surface area contributed by atoms with Crippen molar-refractivity contribution in [3.8, 4) is 5.75 Å². The molecule has 1 rings (SSSR count). The van der Waals surface area contributed by atoms with E-state index in [-0.39, 0.29) is 18.7 Å². The fourth-order valence-electron chi connectivity index (χ4n) is 1.39. The molecule has 100 valence electrons. The van der Waals surface area contributed by atoms with Crippen LogP contribution in [0.1, 0.15) is 17.3 Å². The molecule has 4 N–H and O–H groups in total. The molecule has 1 aromatic carbocycles. The lowest BCUT2D eigenvalue weighted by Gasteiger charge is -2.12. The maximum Gasteiger partial charge on any atom is 0.339 e. The van der Waals surface area contributed by atoms with Gasteiger partial charge in [-0.1, -0.05) is 0 Å². The van der Waals surface area contributed by atoms with Crippen molar-refractivity contribution in [3.63, 3.8) is 0 Å². The zero-order valence-electron chi connectivity index (χ0n) is 10.1. The Morgan fingerprint density at radius 3 is 2.78 bits per heavy atom. The molecule has 0 amide bonds. The number of anilines is 1. The number of carbonyl (C=O) groups is 1. The van der Waals surface area contributed by atoms with Crippen molar-refractivity contribution in [1.82, 2.24) is 0 Å². The number of hydrogen-bond donors (Lipinski definition) is 4. The third kappa shape index (κ3) is 3.90. The third-order valence-electron chi connectivity index (χ3n) is 2.26. The van der Waals surface area contributed by atoms with Crippen LogP contribution in [0.4, 0.5) is 5.69 Å². The molecule has 6 nitrogen and oxygen atoms in total. The summed E-state index contributed by atoms with van der Waals surface area (Å²) in [6, 6.07) is 4.64. The Balaban J connectivity index is 2.83. The first kappa shape index (κ1) is 14.3. The second kappa shape index (κ2) is 6.83. The predicted molar refractivity (Wildman–Crippen MR) is 66.2 cm³/mol. The molecule has 0 aliphatic rings. The number of ether oxygens (including phenoxy) is 1. The lowest BCUT2D eigenvalue weighted by Crippen LogP contribution is -2.23. The highest BCUT2D eigenvalue weighted by Crippen LogP contribution is 2.23. The zero-order chi connectivity index (χ0) is 13.5. The van der Waals surface area contributed by atoms with Crippen LogP contribution >= 0.6 is 0 Å². The van der Waals surface area contributed by atoms with Gasteiger partial charge in [-0.3, -0.25) is 0 Å². The molecule has 6 heteroatoms. The number of hydrogen-bond acceptors (Lipinski definition) is 5. The number of carboxylic acid groups (broad SMARTS) is 1. The van der Waals surface area contributed by atoms with Gasteiger partial charge in [0.25, 0.3) is 0 Å². The molecule has 1 atom stereocenters. The van der Waals surface area contributed by atoms with E-state index in [0.29, 0.717) is 18.0 Å². The molecule has 1 aromatic rings. The number of benzene rings is 1. The predicted octanol–water partition coefficient (Wildman–Crippen LogP) is 0.549. The van der Waals surface area contributed by atoms with E-state index < -0.39 is 12.1 Å². The second-order valence-electron chi connectivity index (χ2n) is 3.67. The molecule has 1 unspecified atom stereocenters. The summed E-state index contributed by atoms with van der Waals surface area (Å²) >= 11 is 0. The summed E-state index contributed by atoms with van der Waals surface area (Å²) in [6.45, 7) is 1.95. The van der Waals surface area contributed by atoms with Crippen LogP contribution in [0.15, 0.2) is 18.2 Å². The summed E-state index contributed by atoms with van der Waals surface area (Å²) in [4.78, 5) is 11.0. The Kier molecular flexibility index (Phi) is 5.41. The van der Waals surface area contributed by atoms with Gasteiger partial charge in [0.15, 0.2) is 0 Å². The number of aliphatic hydroxyl groups excluding tert-OH is 2. The maximum atomic E-state index is 11.0. The van der Waals surface area contributed by atoms with Crippen LogP contribution in [-0.2, 0) is 0 Å². The van der Waals surface area contributed by atoms with E-state index in [1.54, 1.807) is 19.1 Å². The molecule has 0 saturated carbocycles. The van der Waals surface area contributed by atoms with Gasteiger partial charge in [0.05, 0.1) is 19.3 Å². The van der Waals surface area contributed by atoms with Gasteiger partial charge in [0, 0.05) is 12.2 Å². The monoisotopic (exact) mass is 255 g/mol. The normalized spacial score (nSPS) is 11.9. The Hall–Kier alpha value is -1.79. The van der Waals surface area contributed by atoms with Crippen LogP contribution < -0.4 is 10.1 Å². The highest BCUT2D eigenvalue weighted by atomic mass is 16.5. The summed E-state index contributed by atoms with van der Waals surface area (Å²) in [5, 5.41) is 29.7. The Labute approximate surface area is 105 Å². The average molecular weight is 255 g/mol. The van der Waals surface area contributed by atoms with E-state index in [0.717, 1.165) is 0 Å². The van der Waals surface area contributed by atoms with E-state index in [1.807, 2.05) is 0 Å². The number of aliphatic hydroxyl groups is 2. The Bertz CT molecular complexity index is 407.